The summed E-state index contributed by atoms with van der Waals surface area (Å²) < 4.78 is 38.0. The quantitative estimate of drug-likeness (QED) is 0.794. The topological polar surface area (TPSA) is 23.6 Å². The van der Waals surface area contributed by atoms with Crippen LogP contribution in [0.5, 0.6) is 0 Å². The van der Waals surface area contributed by atoms with Crippen LogP contribution in [0.4, 0.5) is 24.5 Å². The Morgan fingerprint density at radius 2 is 2.09 bits per heavy atom. The molecule has 3 nitrogen and oxygen atoms in total. The predicted molar refractivity (Wildman–Crippen MR) is 86.2 cm³/mol. The van der Waals surface area contributed by atoms with Gasteiger partial charge in [0.15, 0.2) is 0 Å². The molecule has 1 aromatic rings. The van der Waals surface area contributed by atoms with E-state index in [-0.39, 0.29) is 12.2 Å². The second-order valence-corrected chi connectivity index (χ2v) is 6.13. The van der Waals surface area contributed by atoms with Crippen molar-refractivity contribution in [2.45, 2.75) is 45.3 Å². The van der Waals surface area contributed by atoms with E-state index in [0.29, 0.717) is 16.0 Å². The van der Waals surface area contributed by atoms with Crippen molar-refractivity contribution >= 4 is 28.9 Å². The van der Waals surface area contributed by atoms with Gasteiger partial charge in [-0.2, -0.15) is 13.2 Å². The first-order valence-electron chi connectivity index (χ1n) is 7.70. The third-order valence-corrected chi connectivity index (χ3v) is 4.46. The molecule has 1 aliphatic heterocycles. The molecule has 128 valence electrons. The molecular formula is C16H20ClF3N2O. The fourth-order valence-corrected chi connectivity index (χ4v) is 3.23. The fourth-order valence-electron chi connectivity index (χ4n) is 2.95. The lowest BCUT2D eigenvalue weighted by Gasteiger charge is -2.36. The van der Waals surface area contributed by atoms with Gasteiger partial charge < -0.3 is 9.80 Å². The summed E-state index contributed by atoms with van der Waals surface area (Å²) >= 11 is 6.29. The van der Waals surface area contributed by atoms with Crippen LogP contribution in [0.15, 0.2) is 18.2 Å². The highest BCUT2D eigenvalue weighted by atomic mass is 35.5. The number of benzene rings is 1. The molecule has 1 atom stereocenters. The third kappa shape index (κ3) is 3.91. The average molecular weight is 349 g/mol. The van der Waals surface area contributed by atoms with Crippen LogP contribution in [0.3, 0.4) is 0 Å². The maximum atomic E-state index is 12.7. The number of piperidine rings is 1. The Kier molecular flexibility index (Phi) is 5.45. The number of alkyl halides is 3. The number of carbonyl (C=O) groups is 1. The highest BCUT2D eigenvalue weighted by molar-refractivity contribution is 6.33. The second kappa shape index (κ2) is 6.99. The van der Waals surface area contributed by atoms with Gasteiger partial charge in [-0.1, -0.05) is 11.6 Å². The molecular weight excluding hydrogens is 329 g/mol. The number of rotatable bonds is 3. The normalized spacial score (nSPS) is 18.9. The monoisotopic (exact) mass is 348 g/mol. The molecule has 7 heteroatoms. The van der Waals surface area contributed by atoms with Gasteiger partial charge in [0.25, 0.3) is 0 Å². The molecule has 1 aromatic carbocycles. The average Bonchev–Trinajstić information content (AvgIpc) is 2.48. The number of halogens is 4. The Balaban J connectivity index is 2.29. The molecule has 1 amide bonds. The minimum absolute atomic E-state index is 0.0753. The molecule has 0 bridgehead atoms. The molecule has 1 fully saturated rings. The van der Waals surface area contributed by atoms with E-state index in [4.69, 9.17) is 11.6 Å². The van der Waals surface area contributed by atoms with Crippen LogP contribution in [0.1, 0.15) is 33.1 Å². The van der Waals surface area contributed by atoms with Crippen LogP contribution in [0, 0.1) is 0 Å². The maximum absolute atomic E-state index is 12.7. The number of hydrogen-bond donors (Lipinski definition) is 0. The van der Waals surface area contributed by atoms with Gasteiger partial charge >= 0.3 is 12.1 Å². The van der Waals surface area contributed by atoms with E-state index in [0.717, 1.165) is 31.5 Å². The van der Waals surface area contributed by atoms with Gasteiger partial charge in [0.1, 0.15) is 0 Å². The summed E-state index contributed by atoms with van der Waals surface area (Å²) in [7, 11) is 0. The van der Waals surface area contributed by atoms with Gasteiger partial charge in [-0.25, -0.2) is 0 Å². The van der Waals surface area contributed by atoms with Crippen molar-refractivity contribution in [3.8, 4) is 0 Å². The van der Waals surface area contributed by atoms with Crippen molar-refractivity contribution in [1.29, 1.82) is 0 Å². The molecule has 1 unspecified atom stereocenters. The van der Waals surface area contributed by atoms with Gasteiger partial charge in [-0.3, -0.25) is 4.79 Å². The third-order valence-electron chi connectivity index (χ3n) is 4.16. The van der Waals surface area contributed by atoms with Gasteiger partial charge in [-0.05, 0) is 51.3 Å². The summed E-state index contributed by atoms with van der Waals surface area (Å²) in [5.41, 5.74) is 0.964. The lowest BCUT2D eigenvalue weighted by Crippen LogP contribution is -2.41. The minimum atomic E-state index is -4.90. The molecule has 1 aliphatic rings. The molecule has 0 N–H and O–H groups in total. The van der Waals surface area contributed by atoms with Crippen LogP contribution < -0.4 is 9.80 Å². The Morgan fingerprint density at radius 3 is 2.61 bits per heavy atom. The van der Waals surface area contributed by atoms with E-state index < -0.39 is 12.1 Å². The van der Waals surface area contributed by atoms with Crippen LogP contribution >= 0.6 is 11.6 Å². The Bertz CT molecular complexity index is 577. The molecule has 23 heavy (non-hydrogen) atoms. The van der Waals surface area contributed by atoms with Gasteiger partial charge in [0.05, 0.1) is 10.7 Å². The van der Waals surface area contributed by atoms with E-state index >= 15 is 0 Å². The molecule has 0 spiro atoms. The summed E-state index contributed by atoms with van der Waals surface area (Å²) in [4.78, 5) is 14.3. The Hall–Kier alpha value is -1.43. The summed E-state index contributed by atoms with van der Waals surface area (Å²) in [6.45, 7) is 4.40. The van der Waals surface area contributed by atoms with Crippen LogP contribution in [0.25, 0.3) is 0 Å². The van der Waals surface area contributed by atoms with Gasteiger partial charge in [0, 0.05) is 24.8 Å². The zero-order chi connectivity index (χ0) is 17.2. The lowest BCUT2D eigenvalue weighted by molar-refractivity contribution is -0.170. The van der Waals surface area contributed by atoms with E-state index in [9.17, 15) is 18.0 Å². The molecule has 0 radical (unpaired) electrons. The van der Waals surface area contributed by atoms with Crippen LogP contribution in [-0.2, 0) is 4.79 Å². The Morgan fingerprint density at radius 1 is 1.39 bits per heavy atom. The van der Waals surface area contributed by atoms with Crippen molar-refractivity contribution in [2.24, 2.45) is 0 Å². The molecule has 0 aliphatic carbocycles. The number of amides is 1. The highest BCUT2D eigenvalue weighted by Crippen LogP contribution is 2.35. The van der Waals surface area contributed by atoms with E-state index in [1.807, 2.05) is 0 Å². The lowest BCUT2D eigenvalue weighted by atomic mass is 10.0. The van der Waals surface area contributed by atoms with E-state index in [2.05, 4.69) is 11.8 Å². The van der Waals surface area contributed by atoms with Crippen molar-refractivity contribution < 1.29 is 18.0 Å². The largest absolute Gasteiger partial charge is 0.471 e. The van der Waals surface area contributed by atoms with Crippen molar-refractivity contribution in [3.63, 3.8) is 0 Å². The van der Waals surface area contributed by atoms with Crippen molar-refractivity contribution in [1.82, 2.24) is 0 Å². The van der Waals surface area contributed by atoms with Crippen LogP contribution in [-0.4, -0.2) is 31.2 Å². The number of carbonyl (C=O) groups excluding carboxylic acids is 1. The zero-order valence-electron chi connectivity index (χ0n) is 13.2. The smallest absolute Gasteiger partial charge is 0.368 e. The maximum Gasteiger partial charge on any atom is 0.471 e. The summed E-state index contributed by atoms with van der Waals surface area (Å²) in [5, 5.41) is 0.365. The standard InChI is InChI=1S/C16H20ClF3N2O/c1-3-21(15(23)16(18,19)20)12-7-8-14(13(17)10-12)22-9-5-4-6-11(22)2/h7-8,10-11H,3-6,9H2,1-2H3. The van der Waals surface area contributed by atoms with Gasteiger partial charge in [-0.15, -0.1) is 0 Å². The first-order valence-corrected chi connectivity index (χ1v) is 8.08. The molecule has 0 saturated carbocycles. The predicted octanol–water partition coefficient (Wildman–Crippen LogP) is 4.63. The number of anilines is 2. The van der Waals surface area contributed by atoms with Crippen molar-refractivity contribution in [2.75, 3.05) is 22.9 Å². The fraction of sp³-hybridized carbons (Fsp3) is 0.562. The first kappa shape index (κ1) is 17.9. The molecule has 1 saturated heterocycles. The van der Waals surface area contributed by atoms with Gasteiger partial charge in [0.2, 0.25) is 0 Å². The number of hydrogen-bond acceptors (Lipinski definition) is 2. The van der Waals surface area contributed by atoms with Crippen LogP contribution in [0.2, 0.25) is 5.02 Å². The summed E-state index contributed by atoms with van der Waals surface area (Å²) in [5.74, 6) is -1.88. The highest BCUT2D eigenvalue weighted by Gasteiger charge is 2.42. The molecule has 1 heterocycles. The Labute approximate surface area is 139 Å². The van der Waals surface area contributed by atoms with E-state index in [1.54, 1.807) is 6.07 Å². The molecule has 2 rings (SSSR count). The van der Waals surface area contributed by atoms with E-state index in [1.165, 1.54) is 19.1 Å². The SMILES string of the molecule is CCN(C(=O)C(F)(F)F)c1ccc(N2CCCCC2C)c(Cl)c1. The zero-order valence-corrected chi connectivity index (χ0v) is 13.9. The summed E-state index contributed by atoms with van der Waals surface area (Å²) in [6.07, 6.45) is -1.61. The summed E-state index contributed by atoms with van der Waals surface area (Å²) in [6, 6.07) is 5.00. The first-order chi connectivity index (χ1) is 10.8. The number of nitrogens with zero attached hydrogens (tertiary/aromatic N) is 2. The second-order valence-electron chi connectivity index (χ2n) is 5.72. The van der Waals surface area contributed by atoms with Crippen molar-refractivity contribution in [3.05, 3.63) is 23.2 Å². The minimum Gasteiger partial charge on any atom is -0.368 e. The molecule has 0 aromatic heterocycles.